The number of aryl methyl sites for hydroxylation is 1. The highest BCUT2D eigenvalue weighted by Gasteiger charge is 2.17. The number of sulfonamides is 1. The number of nitrogens with zero attached hydrogens (tertiary/aromatic N) is 2. The number of aromatic nitrogens is 2. The molecule has 1 N–H and O–H groups in total. The van der Waals surface area contributed by atoms with Crippen molar-refractivity contribution in [1.29, 1.82) is 0 Å². The Morgan fingerprint density at radius 2 is 2.21 bits per heavy atom. The van der Waals surface area contributed by atoms with E-state index in [1.807, 2.05) is 0 Å². The number of anilines is 1. The van der Waals surface area contributed by atoms with Crippen molar-refractivity contribution >= 4 is 38.6 Å². The lowest BCUT2D eigenvalue weighted by molar-refractivity contribution is 0.603. The van der Waals surface area contributed by atoms with E-state index in [1.54, 1.807) is 6.92 Å². The van der Waals surface area contributed by atoms with Gasteiger partial charge in [-0.3, -0.25) is 9.52 Å². The van der Waals surface area contributed by atoms with Crippen molar-refractivity contribution in [1.82, 2.24) is 9.55 Å². The van der Waals surface area contributed by atoms with Crippen LogP contribution in [-0.4, -0.2) is 18.0 Å². The quantitative estimate of drug-likeness (QED) is 0.931. The summed E-state index contributed by atoms with van der Waals surface area (Å²) in [5.74, 6) is 0. The molecule has 0 saturated heterocycles. The Labute approximate surface area is 118 Å². The Bertz CT molecular complexity index is 751. The average Bonchev–Trinajstić information content (AvgIpc) is 2.79. The summed E-state index contributed by atoms with van der Waals surface area (Å²) in [6.07, 6.45) is 2.63. The second kappa shape index (κ2) is 5.32. The van der Waals surface area contributed by atoms with Crippen LogP contribution in [0.25, 0.3) is 0 Å². The molecule has 0 bridgehead atoms. The van der Waals surface area contributed by atoms with Gasteiger partial charge in [0, 0.05) is 18.8 Å². The summed E-state index contributed by atoms with van der Waals surface area (Å²) < 4.78 is 28.0. The van der Waals surface area contributed by atoms with Gasteiger partial charge in [-0.2, -0.15) is 0 Å². The van der Waals surface area contributed by atoms with Crippen LogP contribution in [0.2, 0.25) is 4.47 Å². The molecule has 2 rings (SSSR count). The molecule has 0 atom stereocenters. The van der Waals surface area contributed by atoms with Crippen LogP contribution in [0.15, 0.2) is 33.5 Å². The average molecular weight is 320 g/mol. The van der Waals surface area contributed by atoms with Gasteiger partial charge in [-0.15, -0.1) is 0 Å². The Kier molecular flexibility index (Phi) is 3.93. The molecule has 0 spiro atoms. The normalized spacial score (nSPS) is 11.5. The van der Waals surface area contributed by atoms with E-state index in [-0.39, 0.29) is 14.2 Å². The summed E-state index contributed by atoms with van der Waals surface area (Å²) in [6, 6.07) is 2.72. The lowest BCUT2D eigenvalue weighted by atomic mass is 10.4. The highest BCUT2D eigenvalue weighted by molar-refractivity contribution is 7.94. The van der Waals surface area contributed by atoms with Gasteiger partial charge in [-0.05, 0) is 13.0 Å². The van der Waals surface area contributed by atoms with Crippen molar-refractivity contribution in [2.24, 2.45) is 0 Å². The Morgan fingerprint density at radius 3 is 2.79 bits per heavy atom. The molecule has 2 aromatic heterocycles. The first-order valence-corrected chi connectivity index (χ1v) is 7.95. The molecular weight excluding hydrogens is 310 g/mol. The topological polar surface area (TPSA) is 81.1 Å². The standard InChI is InChI=1S/C10H10ClN3O3S2/c1-2-14-6-7(3-4-8(14)15)13-19(16,17)9-5-12-10(11)18-9/h3-6,13H,2H2,1H3. The van der Waals surface area contributed by atoms with Gasteiger partial charge in [-0.25, -0.2) is 13.4 Å². The molecule has 6 nitrogen and oxygen atoms in total. The first-order chi connectivity index (χ1) is 8.92. The third-order valence-corrected chi connectivity index (χ3v) is 5.25. The Morgan fingerprint density at radius 1 is 1.47 bits per heavy atom. The highest BCUT2D eigenvalue weighted by Crippen LogP contribution is 2.24. The summed E-state index contributed by atoms with van der Waals surface area (Å²) in [7, 11) is -3.72. The zero-order chi connectivity index (χ0) is 14.0. The predicted octanol–water partition coefficient (Wildman–Crippen LogP) is 1.78. The number of hydrogen-bond acceptors (Lipinski definition) is 5. The van der Waals surface area contributed by atoms with Gasteiger partial charge in [0.25, 0.3) is 15.6 Å². The molecule has 0 unspecified atom stereocenters. The van der Waals surface area contributed by atoms with Crippen LogP contribution in [0, 0.1) is 0 Å². The van der Waals surface area contributed by atoms with Crippen LogP contribution in [0.1, 0.15) is 6.92 Å². The molecule has 9 heteroatoms. The maximum absolute atomic E-state index is 12.0. The Balaban J connectivity index is 2.33. The molecule has 19 heavy (non-hydrogen) atoms. The smallest absolute Gasteiger partial charge is 0.273 e. The fourth-order valence-electron chi connectivity index (χ4n) is 1.41. The van der Waals surface area contributed by atoms with Gasteiger partial charge in [0.05, 0.1) is 11.9 Å². The van der Waals surface area contributed by atoms with Gasteiger partial charge in [-0.1, -0.05) is 22.9 Å². The van der Waals surface area contributed by atoms with Crippen LogP contribution < -0.4 is 10.3 Å². The first-order valence-electron chi connectivity index (χ1n) is 5.27. The number of rotatable bonds is 4. The summed E-state index contributed by atoms with van der Waals surface area (Å²) in [5, 5.41) is 0. The number of nitrogens with one attached hydrogen (secondary N) is 1. The minimum absolute atomic E-state index is 0.0201. The van der Waals surface area contributed by atoms with Gasteiger partial charge < -0.3 is 4.57 Å². The SMILES string of the molecule is CCn1cc(NS(=O)(=O)c2cnc(Cl)s2)ccc1=O. The van der Waals surface area contributed by atoms with E-state index in [1.165, 1.54) is 29.1 Å². The highest BCUT2D eigenvalue weighted by atomic mass is 35.5. The van der Waals surface area contributed by atoms with Crippen molar-refractivity contribution in [2.45, 2.75) is 17.7 Å². The third kappa shape index (κ3) is 3.14. The number of thiazole rings is 1. The molecular formula is C10H10ClN3O3S2. The molecule has 0 aliphatic rings. The van der Waals surface area contributed by atoms with E-state index in [9.17, 15) is 13.2 Å². The lowest BCUT2D eigenvalue weighted by Gasteiger charge is -2.08. The zero-order valence-corrected chi connectivity index (χ0v) is 12.2. The van der Waals surface area contributed by atoms with Gasteiger partial charge >= 0.3 is 0 Å². The number of halogens is 1. The van der Waals surface area contributed by atoms with Crippen LogP contribution >= 0.6 is 22.9 Å². The molecule has 0 aliphatic heterocycles. The molecule has 2 heterocycles. The van der Waals surface area contributed by atoms with Crippen LogP contribution in [0.4, 0.5) is 5.69 Å². The number of hydrogen-bond donors (Lipinski definition) is 1. The van der Waals surface area contributed by atoms with E-state index >= 15 is 0 Å². The van der Waals surface area contributed by atoms with Crippen molar-refractivity contribution in [3.05, 3.63) is 39.3 Å². The largest absolute Gasteiger partial charge is 0.314 e. The van der Waals surface area contributed by atoms with Crippen LogP contribution in [-0.2, 0) is 16.6 Å². The van der Waals surface area contributed by atoms with Crippen molar-refractivity contribution in [3.63, 3.8) is 0 Å². The summed E-state index contributed by atoms with van der Waals surface area (Å²) in [4.78, 5) is 15.1. The molecule has 0 radical (unpaired) electrons. The number of pyridine rings is 1. The minimum atomic E-state index is -3.72. The second-order valence-corrected chi connectivity index (χ2v) is 7.10. The summed E-state index contributed by atoms with van der Waals surface area (Å²) in [6.45, 7) is 2.25. The minimum Gasteiger partial charge on any atom is -0.314 e. The van der Waals surface area contributed by atoms with E-state index < -0.39 is 10.0 Å². The second-order valence-electron chi connectivity index (χ2n) is 3.58. The molecule has 0 amide bonds. The van der Waals surface area contributed by atoms with E-state index in [0.717, 1.165) is 11.3 Å². The van der Waals surface area contributed by atoms with Gasteiger partial charge in [0.1, 0.15) is 0 Å². The van der Waals surface area contributed by atoms with Crippen molar-refractivity contribution in [3.8, 4) is 0 Å². The fraction of sp³-hybridized carbons (Fsp3) is 0.200. The first kappa shape index (κ1) is 14.0. The van der Waals surface area contributed by atoms with E-state index in [2.05, 4.69) is 9.71 Å². The fourth-order valence-corrected chi connectivity index (χ4v) is 3.74. The monoisotopic (exact) mass is 319 g/mol. The van der Waals surface area contributed by atoms with Crippen molar-refractivity contribution in [2.75, 3.05) is 4.72 Å². The molecule has 0 fully saturated rings. The molecule has 2 aromatic rings. The van der Waals surface area contributed by atoms with Crippen LogP contribution in [0.5, 0.6) is 0 Å². The van der Waals surface area contributed by atoms with Gasteiger partial charge in [0.15, 0.2) is 8.68 Å². The van der Waals surface area contributed by atoms with Crippen LogP contribution in [0.3, 0.4) is 0 Å². The third-order valence-electron chi connectivity index (χ3n) is 2.30. The van der Waals surface area contributed by atoms with Crippen molar-refractivity contribution < 1.29 is 8.42 Å². The molecule has 0 aliphatic carbocycles. The van der Waals surface area contributed by atoms with Gasteiger partial charge in [0.2, 0.25) is 0 Å². The zero-order valence-electron chi connectivity index (χ0n) is 9.83. The molecule has 0 aromatic carbocycles. The lowest BCUT2D eigenvalue weighted by Crippen LogP contribution is -2.19. The maximum atomic E-state index is 12.0. The summed E-state index contributed by atoms with van der Waals surface area (Å²) >= 11 is 6.47. The predicted molar refractivity (Wildman–Crippen MR) is 74.3 cm³/mol. The maximum Gasteiger partial charge on any atom is 0.273 e. The van der Waals surface area contributed by atoms with E-state index in [0.29, 0.717) is 12.2 Å². The van der Waals surface area contributed by atoms with E-state index in [4.69, 9.17) is 11.6 Å². The molecule has 0 saturated carbocycles. The Hall–Kier alpha value is -1.38. The molecule has 102 valence electrons. The summed E-state index contributed by atoms with van der Waals surface area (Å²) in [5.41, 5.74) is 0.122.